The fraction of sp³-hybridized carbons (Fsp3) is 0. The normalized spacial score (nSPS) is 11.5. The summed E-state index contributed by atoms with van der Waals surface area (Å²) in [4.78, 5) is 14.0. The molecule has 24 heavy (non-hydrogen) atoms. The number of rotatable bonds is 1. The van der Waals surface area contributed by atoms with E-state index in [9.17, 15) is 0 Å². The largest absolute Gasteiger partial charge is 0.274 e. The minimum Gasteiger partial charge on any atom is -0.274 e. The lowest BCUT2D eigenvalue weighted by molar-refractivity contribution is 1.20. The molecule has 0 amide bonds. The van der Waals surface area contributed by atoms with Gasteiger partial charge in [-0.25, -0.2) is 9.97 Å². The van der Waals surface area contributed by atoms with Crippen LogP contribution in [-0.4, -0.2) is 19.4 Å². The van der Waals surface area contributed by atoms with Crippen LogP contribution in [0.4, 0.5) is 0 Å². The predicted molar refractivity (Wildman–Crippen MR) is 98.9 cm³/mol. The summed E-state index contributed by atoms with van der Waals surface area (Å²) in [5.41, 5.74) is 4.73. The van der Waals surface area contributed by atoms with Gasteiger partial charge in [0.25, 0.3) is 0 Å². The van der Waals surface area contributed by atoms with E-state index in [-0.39, 0.29) is 0 Å². The number of pyridine rings is 3. The van der Waals surface area contributed by atoms with Crippen LogP contribution in [0.25, 0.3) is 38.8 Å². The van der Waals surface area contributed by atoms with Crippen LogP contribution in [-0.2, 0) is 0 Å². The SMILES string of the molecule is Brc1nc2c3cccnc3c3cccnc3n2c1-c1ccccc1. The van der Waals surface area contributed by atoms with E-state index in [4.69, 9.17) is 4.98 Å². The van der Waals surface area contributed by atoms with Gasteiger partial charge in [-0.05, 0) is 40.2 Å². The molecular formula is C19H11BrN4. The third-order valence-corrected chi connectivity index (χ3v) is 4.74. The molecule has 4 heterocycles. The maximum Gasteiger partial charge on any atom is 0.149 e. The van der Waals surface area contributed by atoms with Crippen molar-refractivity contribution in [2.45, 2.75) is 0 Å². The zero-order chi connectivity index (χ0) is 16.1. The van der Waals surface area contributed by atoms with Crippen molar-refractivity contribution in [2.24, 2.45) is 0 Å². The molecule has 5 rings (SSSR count). The molecule has 0 atom stereocenters. The monoisotopic (exact) mass is 374 g/mol. The molecule has 0 aliphatic carbocycles. The molecule has 0 unspecified atom stereocenters. The van der Waals surface area contributed by atoms with Crippen molar-refractivity contribution in [3.63, 3.8) is 0 Å². The lowest BCUT2D eigenvalue weighted by Crippen LogP contribution is -1.96. The molecule has 1 aromatic carbocycles. The first-order valence-corrected chi connectivity index (χ1v) is 8.38. The molecule has 4 nitrogen and oxygen atoms in total. The highest BCUT2D eigenvalue weighted by atomic mass is 79.9. The van der Waals surface area contributed by atoms with Crippen LogP contribution >= 0.6 is 15.9 Å². The fourth-order valence-electron chi connectivity index (χ4n) is 3.19. The minimum absolute atomic E-state index is 0.803. The van der Waals surface area contributed by atoms with E-state index in [0.29, 0.717) is 0 Å². The van der Waals surface area contributed by atoms with Gasteiger partial charge in [0.05, 0.1) is 11.2 Å². The topological polar surface area (TPSA) is 43.1 Å². The van der Waals surface area contributed by atoms with Crippen LogP contribution in [0, 0.1) is 0 Å². The number of nitrogens with zero attached hydrogens (tertiary/aromatic N) is 4. The molecular weight excluding hydrogens is 364 g/mol. The summed E-state index contributed by atoms with van der Waals surface area (Å²) in [6, 6.07) is 18.2. The van der Waals surface area contributed by atoms with E-state index in [2.05, 4.69) is 54.6 Å². The van der Waals surface area contributed by atoms with Gasteiger partial charge in [-0.2, -0.15) is 0 Å². The summed E-state index contributed by atoms with van der Waals surface area (Å²) in [7, 11) is 0. The molecule has 114 valence electrons. The second-order valence-corrected chi connectivity index (χ2v) is 6.30. The summed E-state index contributed by atoms with van der Waals surface area (Å²) < 4.78 is 2.91. The van der Waals surface area contributed by atoms with Crippen molar-refractivity contribution in [1.29, 1.82) is 0 Å². The molecule has 0 bridgehead atoms. The number of aromatic nitrogens is 4. The van der Waals surface area contributed by atoms with Gasteiger partial charge < -0.3 is 0 Å². The quantitative estimate of drug-likeness (QED) is 0.393. The number of halogens is 1. The third kappa shape index (κ3) is 1.82. The van der Waals surface area contributed by atoms with Crippen molar-refractivity contribution in [3.8, 4) is 11.3 Å². The third-order valence-electron chi connectivity index (χ3n) is 4.18. The van der Waals surface area contributed by atoms with Crippen molar-refractivity contribution in [1.82, 2.24) is 19.4 Å². The van der Waals surface area contributed by atoms with Gasteiger partial charge in [-0.3, -0.25) is 9.38 Å². The van der Waals surface area contributed by atoms with Gasteiger partial charge >= 0.3 is 0 Å². The van der Waals surface area contributed by atoms with Gasteiger partial charge in [0.2, 0.25) is 0 Å². The predicted octanol–water partition coefficient (Wildman–Crippen LogP) is 4.86. The zero-order valence-electron chi connectivity index (χ0n) is 12.5. The van der Waals surface area contributed by atoms with Crippen LogP contribution in [0.15, 0.2) is 71.6 Å². The fourth-order valence-corrected chi connectivity index (χ4v) is 3.76. The lowest BCUT2D eigenvalue weighted by Gasteiger charge is -2.09. The van der Waals surface area contributed by atoms with Crippen LogP contribution < -0.4 is 0 Å². The van der Waals surface area contributed by atoms with Crippen LogP contribution in [0.3, 0.4) is 0 Å². The molecule has 0 fully saturated rings. The summed E-state index contributed by atoms with van der Waals surface area (Å²) in [5.74, 6) is 0. The van der Waals surface area contributed by atoms with Gasteiger partial charge in [0, 0.05) is 28.7 Å². The lowest BCUT2D eigenvalue weighted by atomic mass is 10.1. The van der Waals surface area contributed by atoms with Crippen molar-refractivity contribution in [3.05, 3.63) is 71.6 Å². The first-order chi connectivity index (χ1) is 11.8. The Morgan fingerprint density at radius 1 is 0.750 bits per heavy atom. The highest BCUT2D eigenvalue weighted by molar-refractivity contribution is 9.10. The number of benzene rings is 1. The summed E-state index contributed by atoms with van der Waals surface area (Å²) >= 11 is 3.64. The van der Waals surface area contributed by atoms with Gasteiger partial charge in [0.1, 0.15) is 15.9 Å². The first-order valence-electron chi connectivity index (χ1n) is 7.59. The number of fused-ring (bicyclic) bond motifs is 6. The Hall–Kier alpha value is -2.79. The number of imidazole rings is 1. The Kier molecular flexibility index (Phi) is 2.90. The van der Waals surface area contributed by atoms with Crippen molar-refractivity contribution < 1.29 is 0 Å². The van der Waals surface area contributed by atoms with Crippen molar-refractivity contribution >= 4 is 43.5 Å². The standard InChI is InChI=1S/C19H11BrN4/c20-17-16(12-6-2-1-3-7-12)24-18-13(8-5-11-22-18)15-14(19(24)23-17)9-4-10-21-15/h1-11H. The molecule has 0 N–H and O–H groups in total. The Labute approximate surface area is 145 Å². The highest BCUT2D eigenvalue weighted by Crippen LogP contribution is 2.35. The molecule has 5 heteroatoms. The maximum atomic E-state index is 4.77. The van der Waals surface area contributed by atoms with Crippen molar-refractivity contribution in [2.75, 3.05) is 0 Å². The summed E-state index contributed by atoms with van der Waals surface area (Å²) in [6.07, 6.45) is 3.61. The number of hydrogen-bond donors (Lipinski definition) is 0. The van der Waals surface area contributed by atoms with E-state index in [1.54, 1.807) is 12.4 Å². The maximum absolute atomic E-state index is 4.77. The second-order valence-electron chi connectivity index (χ2n) is 5.55. The van der Waals surface area contributed by atoms with Gasteiger partial charge in [0.15, 0.2) is 0 Å². The van der Waals surface area contributed by atoms with E-state index in [0.717, 1.165) is 43.4 Å². The summed E-state index contributed by atoms with van der Waals surface area (Å²) in [6.45, 7) is 0. The molecule has 0 aliphatic heterocycles. The zero-order valence-corrected chi connectivity index (χ0v) is 14.1. The van der Waals surface area contributed by atoms with Gasteiger partial charge in [-0.1, -0.05) is 30.3 Å². The van der Waals surface area contributed by atoms with Crippen LogP contribution in [0.5, 0.6) is 0 Å². The Balaban J connectivity index is 2.09. The van der Waals surface area contributed by atoms with E-state index < -0.39 is 0 Å². The van der Waals surface area contributed by atoms with E-state index in [1.807, 2.05) is 30.3 Å². The molecule has 0 aliphatic rings. The molecule has 0 saturated heterocycles. The Morgan fingerprint density at radius 2 is 1.46 bits per heavy atom. The minimum atomic E-state index is 0.803. The van der Waals surface area contributed by atoms with Crippen LogP contribution in [0.2, 0.25) is 0 Å². The van der Waals surface area contributed by atoms with E-state index >= 15 is 0 Å². The smallest absolute Gasteiger partial charge is 0.149 e. The molecule has 4 aromatic heterocycles. The molecule has 5 aromatic rings. The highest BCUT2D eigenvalue weighted by Gasteiger charge is 2.18. The number of hydrogen-bond acceptors (Lipinski definition) is 3. The second kappa shape index (κ2) is 5.11. The van der Waals surface area contributed by atoms with E-state index in [1.165, 1.54) is 0 Å². The van der Waals surface area contributed by atoms with Crippen LogP contribution in [0.1, 0.15) is 0 Å². The summed E-state index contributed by atoms with van der Waals surface area (Å²) in [5, 5.41) is 2.03. The molecule has 0 saturated carbocycles. The first kappa shape index (κ1) is 13.6. The Bertz CT molecular complexity index is 1210. The average molecular weight is 375 g/mol. The Morgan fingerprint density at radius 3 is 2.25 bits per heavy atom. The van der Waals surface area contributed by atoms with Gasteiger partial charge in [-0.15, -0.1) is 0 Å². The average Bonchev–Trinajstić information content (AvgIpc) is 3.00. The molecule has 0 spiro atoms. The molecule has 0 radical (unpaired) electrons.